The molecule has 10 heteroatoms. The van der Waals surface area contributed by atoms with E-state index in [9.17, 15) is 26.0 Å². The zero-order valence-electron chi connectivity index (χ0n) is 14.7. The van der Waals surface area contributed by atoms with Gasteiger partial charge in [-0.15, -0.1) is 0 Å². The maximum atomic E-state index is 14.0. The summed E-state index contributed by atoms with van der Waals surface area (Å²) in [7, 11) is -4.39. The molecule has 3 aromatic rings. The number of anilines is 1. The van der Waals surface area contributed by atoms with Crippen molar-refractivity contribution in [1.29, 1.82) is 0 Å². The van der Waals surface area contributed by atoms with Gasteiger partial charge in [-0.3, -0.25) is 4.72 Å². The lowest BCUT2D eigenvalue weighted by Gasteiger charge is -2.12. The monoisotopic (exact) mass is 413 g/mol. The van der Waals surface area contributed by atoms with Crippen molar-refractivity contribution in [2.45, 2.75) is 24.9 Å². The molecule has 148 valence electrons. The first-order valence-corrected chi connectivity index (χ1v) is 9.50. The number of rotatable bonds is 4. The Labute approximate surface area is 158 Å². The van der Waals surface area contributed by atoms with Gasteiger partial charge in [-0.05, 0) is 44.2 Å². The summed E-state index contributed by atoms with van der Waals surface area (Å²) >= 11 is 0. The molecule has 28 heavy (non-hydrogen) atoms. The molecular weight excluding hydrogens is 398 g/mol. The van der Waals surface area contributed by atoms with Gasteiger partial charge in [-0.2, -0.15) is 18.3 Å². The second kappa shape index (κ2) is 6.93. The number of aryl methyl sites for hydroxylation is 1. The SMILES string of the molecule is Cc1nn(-c2ccccc2)c(C)c1S(=O)(=O)Nc1cc(C(F)(F)F)ccc1F. The van der Waals surface area contributed by atoms with Crippen molar-refractivity contribution in [3.05, 3.63) is 71.3 Å². The van der Waals surface area contributed by atoms with E-state index in [1.807, 2.05) is 4.72 Å². The lowest BCUT2D eigenvalue weighted by molar-refractivity contribution is -0.137. The predicted molar refractivity (Wildman–Crippen MR) is 95.2 cm³/mol. The third kappa shape index (κ3) is 3.72. The predicted octanol–water partition coefficient (Wildman–Crippen LogP) is 4.45. The number of sulfonamides is 1. The molecule has 0 aliphatic carbocycles. The summed E-state index contributed by atoms with van der Waals surface area (Å²) in [6, 6.07) is 10.2. The van der Waals surface area contributed by atoms with Crippen molar-refractivity contribution in [3.63, 3.8) is 0 Å². The number of aromatic nitrogens is 2. The summed E-state index contributed by atoms with van der Waals surface area (Å²) < 4.78 is 81.4. The fourth-order valence-corrected chi connectivity index (χ4v) is 4.27. The van der Waals surface area contributed by atoms with E-state index in [0.717, 1.165) is 0 Å². The zero-order valence-corrected chi connectivity index (χ0v) is 15.6. The molecule has 0 saturated carbocycles. The smallest absolute Gasteiger partial charge is 0.277 e. The van der Waals surface area contributed by atoms with Crippen LogP contribution in [0.5, 0.6) is 0 Å². The zero-order chi connectivity index (χ0) is 20.7. The van der Waals surface area contributed by atoms with E-state index in [4.69, 9.17) is 0 Å². The van der Waals surface area contributed by atoms with Crippen LogP contribution in [0.4, 0.5) is 23.2 Å². The molecule has 5 nitrogen and oxygen atoms in total. The van der Waals surface area contributed by atoms with Crippen LogP contribution < -0.4 is 4.72 Å². The molecule has 3 rings (SSSR count). The van der Waals surface area contributed by atoms with Crippen molar-refractivity contribution in [1.82, 2.24) is 9.78 Å². The summed E-state index contributed by atoms with van der Waals surface area (Å²) in [5, 5.41) is 4.19. The van der Waals surface area contributed by atoms with Crippen molar-refractivity contribution < 1.29 is 26.0 Å². The molecule has 0 unspecified atom stereocenters. The van der Waals surface area contributed by atoms with Gasteiger partial charge in [0.1, 0.15) is 10.7 Å². The fraction of sp³-hybridized carbons (Fsp3) is 0.167. The molecule has 1 aromatic heterocycles. The Morgan fingerprint density at radius 1 is 1.04 bits per heavy atom. The Kier molecular flexibility index (Phi) is 4.92. The van der Waals surface area contributed by atoms with Gasteiger partial charge >= 0.3 is 6.18 Å². The van der Waals surface area contributed by atoms with Gasteiger partial charge in [0, 0.05) is 0 Å². The number of nitrogens with zero attached hydrogens (tertiary/aromatic N) is 2. The minimum Gasteiger partial charge on any atom is -0.277 e. The number of hydrogen-bond acceptors (Lipinski definition) is 3. The molecule has 1 N–H and O–H groups in total. The number of nitrogens with one attached hydrogen (secondary N) is 1. The van der Waals surface area contributed by atoms with Crippen LogP contribution in [0.25, 0.3) is 5.69 Å². The first kappa shape index (κ1) is 19.9. The van der Waals surface area contributed by atoms with E-state index in [2.05, 4.69) is 5.10 Å². The molecule has 0 spiro atoms. The normalized spacial score (nSPS) is 12.2. The van der Waals surface area contributed by atoms with Gasteiger partial charge < -0.3 is 0 Å². The maximum Gasteiger partial charge on any atom is 0.416 e. The number of benzene rings is 2. The highest BCUT2D eigenvalue weighted by atomic mass is 32.2. The molecule has 1 heterocycles. The van der Waals surface area contributed by atoms with E-state index < -0.39 is 33.3 Å². The summed E-state index contributed by atoms with van der Waals surface area (Å²) in [5.41, 5.74) is -0.985. The van der Waals surface area contributed by atoms with Crippen molar-refractivity contribution >= 4 is 15.7 Å². The lowest BCUT2D eigenvalue weighted by Crippen LogP contribution is -2.17. The third-order valence-corrected chi connectivity index (χ3v) is 5.65. The first-order chi connectivity index (χ1) is 13.0. The van der Waals surface area contributed by atoms with E-state index in [-0.39, 0.29) is 16.3 Å². The quantitative estimate of drug-likeness (QED) is 0.643. The average Bonchev–Trinajstić information content (AvgIpc) is 2.91. The van der Waals surface area contributed by atoms with Gasteiger partial charge in [0.25, 0.3) is 10.0 Å². The van der Waals surface area contributed by atoms with Crippen LogP contribution in [0.3, 0.4) is 0 Å². The summed E-state index contributed by atoms with van der Waals surface area (Å²) in [6.45, 7) is 2.95. The third-order valence-electron chi connectivity index (χ3n) is 4.03. The van der Waals surface area contributed by atoms with Gasteiger partial charge in [-0.1, -0.05) is 18.2 Å². The molecule has 0 atom stereocenters. The van der Waals surface area contributed by atoms with E-state index >= 15 is 0 Å². The Morgan fingerprint density at radius 3 is 2.29 bits per heavy atom. The Hall–Kier alpha value is -2.88. The Balaban J connectivity index is 2.05. The molecule has 2 aromatic carbocycles. The van der Waals surface area contributed by atoms with Gasteiger partial charge in [-0.25, -0.2) is 17.5 Å². The minimum atomic E-state index is -4.74. The molecule has 0 aliphatic rings. The number of para-hydroxylation sites is 1. The van der Waals surface area contributed by atoms with E-state index in [1.165, 1.54) is 18.5 Å². The molecule has 0 radical (unpaired) electrons. The second-order valence-electron chi connectivity index (χ2n) is 6.05. The largest absolute Gasteiger partial charge is 0.416 e. The van der Waals surface area contributed by atoms with E-state index in [0.29, 0.717) is 23.9 Å². The summed E-state index contributed by atoms with van der Waals surface area (Å²) in [5.74, 6) is -1.12. The maximum absolute atomic E-state index is 14.0. The molecule has 0 amide bonds. The molecule has 0 fully saturated rings. The van der Waals surface area contributed by atoms with Crippen LogP contribution in [-0.4, -0.2) is 18.2 Å². The van der Waals surface area contributed by atoms with Crippen molar-refractivity contribution in [2.24, 2.45) is 0 Å². The highest BCUT2D eigenvalue weighted by Gasteiger charge is 2.32. The van der Waals surface area contributed by atoms with Crippen LogP contribution in [0.15, 0.2) is 53.4 Å². The van der Waals surface area contributed by atoms with Crippen LogP contribution in [0.2, 0.25) is 0 Å². The Bertz CT molecular complexity index is 1120. The Morgan fingerprint density at radius 2 is 1.68 bits per heavy atom. The lowest BCUT2D eigenvalue weighted by atomic mass is 10.2. The first-order valence-electron chi connectivity index (χ1n) is 8.02. The number of alkyl halides is 3. The van der Waals surface area contributed by atoms with Crippen LogP contribution in [0, 0.1) is 19.7 Å². The van der Waals surface area contributed by atoms with Crippen LogP contribution in [-0.2, 0) is 16.2 Å². The van der Waals surface area contributed by atoms with Crippen molar-refractivity contribution in [3.8, 4) is 5.69 Å². The van der Waals surface area contributed by atoms with Gasteiger partial charge in [0.2, 0.25) is 0 Å². The van der Waals surface area contributed by atoms with Crippen LogP contribution >= 0.6 is 0 Å². The van der Waals surface area contributed by atoms with E-state index in [1.54, 1.807) is 30.3 Å². The second-order valence-corrected chi connectivity index (χ2v) is 7.66. The number of halogens is 4. The van der Waals surface area contributed by atoms with Gasteiger partial charge in [0.05, 0.1) is 28.3 Å². The minimum absolute atomic E-state index is 0.126. The highest BCUT2D eigenvalue weighted by Crippen LogP contribution is 2.33. The molecule has 0 saturated heterocycles. The molecule has 0 aliphatic heterocycles. The molecular formula is C18H15F4N3O2S. The summed E-state index contributed by atoms with van der Waals surface area (Å²) in [6.07, 6.45) is -4.74. The molecule has 0 bridgehead atoms. The van der Waals surface area contributed by atoms with Crippen LogP contribution in [0.1, 0.15) is 17.0 Å². The number of hydrogen-bond donors (Lipinski definition) is 1. The fourth-order valence-electron chi connectivity index (χ4n) is 2.81. The average molecular weight is 413 g/mol. The van der Waals surface area contributed by atoms with Crippen molar-refractivity contribution in [2.75, 3.05) is 4.72 Å². The standard InChI is InChI=1S/C18H15F4N3O2S/c1-11-17(12(2)25(23-11)14-6-4-3-5-7-14)28(26,27)24-16-10-13(18(20,21)22)8-9-15(16)19/h3-10,24H,1-2H3. The van der Waals surface area contributed by atoms with Gasteiger partial charge in [0.15, 0.2) is 0 Å². The summed E-state index contributed by atoms with van der Waals surface area (Å²) in [4.78, 5) is -0.229. The highest BCUT2D eigenvalue weighted by molar-refractivity contribution is 7.92. The topological polar surface area (TPSA) is 64.0 Å².